The van der Waals surface area contributed by atoms with Gasteiger partial charge in [-0.3, -0.25) is 4.90 Å². The Kier molecular flexibility index (Phi) is 3.97. The summed E-state index contributed by atoms with van der Waals surface area (Å²) in [4.78, 5) is 7.34. The lowest BCUT2D eigenvalue weighted by molar-refractivity contribution is 0.154. The fourth-order valence-electron chi connectivity index (χ4n) is 3.25. The standard InChI is InChI=1S/C14H23N3S/c1-2-3-14-16-12(10-18-14)9-17-7-5-13-11(8-17)4-6-15-13/h10-11,13,15H,2-9H2,1H3. The quantitative estimate of drug-likeness (QED) is 0.905. The normalized spacial score (nSPS) is 28.5. The molecule has 4 heteroatoms. The number of hydrogen-bond donors (Lipinski definition) is 1. The molecule has 3 heterocycles. The molecule has 100 valence electrons. The van der Waals surface area contributed by atoms with Crippen LogP contribution in [0.2, 0.25) is 0 Å². The van der Waals surface area contributed by atoms with E-state index >= 15 is 0 Å². The van der Waals surface area contributed by atoms with E-state index in [0.29, 0.717) is 0 Å². The van der Waals surface area contributed by atoms with Crippen LogP contribution in [-0.2, 0) is 13.0 Å². The zero-order valence-electron chi connectivity index (χ0n) is 11.2. The van der Waals surface area contributed by atoms with Crippen LogP contribution in [0.15, 0.2) is 5.38 Å². The number of aryl methyl sites for hydroxylation is 1. The number of nitrogens with one attached hydrogen (secondary N) is 1. The fraction of sp³-hybridized carbons (Fsp3) is 0.786. The number of aromatic nitrogens is 1. The van der Waals surface area contributed by atoms with Crippen molar-refractivity contribution in [3.05, 3.63) is 16.1 Å². The molecular weight excluding hydrogens is 242 g/mol. The molecule has 0 amide bonds. The number of thiazole rings is 1. The average Bonchev–Trinajstić information content (AvgIpc) is 2.98. The summed E-state index contributed by atoms with van der Waals surface area (Å²) in [6.45, 7) is 7.00. The molecule has 3 nitrogen and oxygen atoms in total. The van der Waals surface area contributed by atoms with E-state index in [2.05, 4.69) is 22.5 Å². The molecule has 0 radical (unpaired) electrons. The van der Waals surface area contributed by atoms with Crippen molar-refractivity contribution in [2.75, 3.05) is 19.6 Å². The molecule has 2 aliphatic rings. The molecule has 18 heavy (non-hydrogen) atoms. The predicted molar refractivity (Wildman–Crippen MR) is 75.9 cm³/mol. The first kappa shape index (κ1) is 12.6. The first-order chi connectivity index (χ1) is 8.85. The van der Waals surface area contributed by atoms with Crippen molar-refractivity contribution in [3.63, 3.8) is 0 Å². The summed E-state index contributed by atoms with van der Waals surface area (Å²) in [5, 5.41) is 7.19. The van der Waals surface area contributed by atoms with Gasteiger partial charge in [0, 0.05) is 31.1 Å². The number of hydrogen-bond acceptors (Lipinski definition) is 4. The van der Waals surface area contributed by atoms with Gasteiger partial charge in [-0.1, -0.05) is 6.92 Å². The summed E-state index contributed by atoms with van der Waals surface area (Å²) < 4.78 is 0. The van der Waals surface area contributed by atoms with Gasteiger partial charge in [0.2, 0.25) is 0 Å². The fourth-order valence-corrected chi connectivity index (χ4v) is 4.14. The van der Waals surface area contributed by atoms with Crippen LogP contribution in [-0.4, -0.2) is 35.6 Å². The Hall–Kier alpha value is -0.450. The van der Waals surface area contributed by atoms with E-state index in [1.54, 1.807) is 0 Å². The summed E-state index contributed by atoms with van der Waals surface area (Å²) in [5.74, 6) is 0.882. The summed E-state index contributed by atoms with van der Waals surface area (Å²) in [6, 6.07) is 0.798. The van der Waals surface area contributed by atoms with Crippen molar-refractivity contribution in [2.45, 2.75) is 45.2 Å². The van der Waals surface area contributed by atoms with Gasteiger partial charge in [0.15, 0.2) is 0 Å². The van der Waals surface area contributed by atoms with Crippen LogP contribution in [0.3, 0.4) is 0 Å². The van der Waals surface area contributed by atoms with Crippen molar-refractivity contribution < 1.29 is 0 Å². The Morgan fingerprint density at radius 2 is 2.44 bits per heavy atom. The van der Waals surface area contributed by atoms with Crippen LogP contribution >= 0.6 is 11.3 Å². The monoisotopic (exact) mass is 265 g/mol. The van der Waals surface area contributed by atoms with Gasteiger partial charge in [0.25, 0.3) is 0 Å². The molecule has 1 N–H and O–H groups in total. The largest absolute Gasteiger partial charge is 0.314 e. The molecule has 0 saturated carbocycles. The highest BCUT2D eigenvalue weighted by atomic mass is 32.1. The Labute approximate surface area is 114 Å². The highest BCUT2D eigenvalue weighted by Gasteiger charge is 2.32. The van der Waals surface area contributed by atoms with Gasteiger partial charge in [-0.15, -0.1) is 11.3 Å². The molecule has 1 aromatic heterocycles. The zero-order valence-corrected chi connectivity index (χ0v) is 12.0. The molecule has 2 atom stereocenters. The maximum absolute atomic E-state index is 4.74. The first-order valence-electron chi connectivity index (χ1n) is 7.24. The van der Waals surface area contributed by atoms with E-state index in [1.165, 1.54) is 49.6 Å². The number of fused-ring (bicyclic) bond motifs is 1. The molecule has 2 fully saturated rings. The lowest BCUT2D eigenvalue weighted by atomic mass is 9.93. The lowest BCUT2D eigenvalue weighted by Gasteiger charge is -2.34. The third-order valence-corrected chi connectivity index (χ3v) is 5.15. The minimum atomic E-state index is 0.798. The van der Waals surface area contributed by atoms with E-state index < -0.39 is 0 Å². The Morgan fingerprint density at radius 3 is 3.33 bits per heavy atom. The molecule has 1 aromatic rings. The maximum Gasteiger partial charge on any atom is 0.0928 e. The van der Waals surface area contributed by atoms with E-state index in [9.17, 15) is 0 Å². The molecular formula is C14H23N3S. The number of rotatable bonds is 4. The summed E-state index contributed by atoms with van der Waals surface area (Å²) >= 11 is 1.83. The highest BCUT2D eigenvalue weighted by Crippen LogP contribution is 2.25. The van der Waals surface area contributed by atoms with Crippen LogP contribution in [0.5, 0.6) is 0 Å². The average molecular weight is 265 g/mol. The van der Waals surface area contributed by atoms with Crippen molar-refractivity contribution in [1.82, 2.24) is 15.2 Å². The second-order valence-corrected chi connectivity index (χ2v) is 6.56. The maximum atomic E-state index is 4.74. The van der Waals surface area contributed by atoms with Gasteiger partial charge in [-0.2, -0.15) is 0 Å². The van der Waals surface area contributed by atoms with E-state index in [4.69, 9.17) is 4.98 Å². The molecule has 2 unspecified atom stereocenters. The summed E-state index contributed by atoms with van der Waals surface area (Å²) in [6.07, 6.45) is 5.02. The highest BCUT2D eigenvalue weighted by molar-refractivity contribution is 7.09. The number of piperidine rings is 1. The van der Waals surface area contributed by atoms with E-state index in [0.717, 1.165) is 24.9 Å². The van der Waals surface area contributed by atoms with Crippen molar-refractivity contribution in [1.29, 1.82) is 0 Å². The van der Waals surface area contributed by atoms with E-state index in [1.807, 2.05) is 11.3 Å². The van der Waals surface area contributed by atoms with Crippen LogP contribution in [0.25, 0.3) is 0 Å². The number of likely N-dealkylation sites (tertiary alicyclic amines) is 1. The van der Waals surface area contributed by atoms with Gasteiger partial charge in [0.05, 0.1) is 10.7 Å². The molecule has 0 spiro atoms. The van der Waals surface area contributed by atoms with Crippen LogP contribution in [0.4, 0.5) is 0 Å². The lowest BCUT2D eigenvalue weighted by Crippen LogP contribution is -2.43. The first-order valence-corrected chi connectivity index (χ1v) is 8.12. The molecule has 3 rings (SSSR count). The summed E-state index contributed by atoms with van der Waals surface area (Å²) in [7, 11) is 0. The van der Waals surface area contributed by atoms with Crippen LogP contribution in [0.1, 0.15) is 36.9 Å². The smallest absolute Gasteiger partial charge is 0.0928 e. The predicted octanol–water partition coefficient (Wildman–Crippen LogP) is 2.28. The van der Waals surface area contributed by atoms with Crippen LogP contribution < -0.4 is 5.32 Å². The Bertz CT molecular complexity index is 390. The van der Waals surface area contributed by atoms with E-state index in [-0.39, 0.29) is 0 Å². The van der Waals surface area contributed by atoms with Gasteiger partial charge >= 0.3 is 0 Å². The van der Waals surface area contributed by atoms with Crippen LogP contribution in [0, 0.1) is 5.92 Å². The molecule has 0 bridgehead atoms. The SMILES string of the molecule is CCCc1nc(CN2CCC3NCCC3C2)cs1. The molecule has 2 saturated heterocycles. The second-order valence-electron chi connectivity index (χ2n) is 5.62. The minimum Gasteiger partial charge on any atom is -0.314 e. The minimum absolute atomic E-state index is 0.798. The van der Waals surface area contributed by atoms with Gasteiger partial charge in [0.1, 0.15) is 0 Å². The Morgan fingerprint density at radius 1 is 1.50 bits per heavy atom. The summed E-state index contributed by atoms with van der Waals surface area (Å²) in [5.41, 5.74) is 1.29. The van der Waals surface area contributed by atoms with Gasteiger partial charge < -0.3 is 5.32 Å². The number of nitrogens with zero attached hydrogens (tertiary/aromatic N) is 2. The van der Waals surface area contributed by atoms with Gasteiger partial charge in [-0.05, 0) is 38.1 Å². The topological polar surface area (TPSA) is 28.2 Å². The zero-order chi connectivity index (χ0) is 12.4. The molecule has 2 aliphatic heterocycles. The Balaban J connectivity index is 1.55. The molecule has 0 aromatic carbocycles. The third kappa shape index (κ3) is 2.76. The second kappa shape index (κ2) is 5.68. The van der Waals surface area contributed by atoms with Crippen molar-refractivity contribution >= 4 is 11.3 Å². The van der Waals surface area contributed by atoms with Gasteiger partial charge in [-0.25, -0.2) is 4.98 Å². The molecule has 0 aliphatic carbocycles. The van der Waals surface area contributed by atoms with Crippen molar-refractivity contribution in [2.24, 2.45) is 5.92 Å². The van der Waals surface area contributed by atoms with Crippen molar-refractivity contribution in [3.8, 4) is 0 Å². The third-order valence-electron chi connectivity index (χ3n) is 4.19.